The number of ether oxygens (including phenoxy) is 2. The molecule has 0 aliphatic carbocycles. The standard InChI is InChI=1S/C16H15NO5/c1-21-15-9-13(18)10-16(22-2)14(15)8-5-11-3-6-12(7-4-11)17(19)20/h3-10,18H,1-2H3/b8-5+. The van der Waals surface area contributed by atoms with E-state index >= 15 is 0 Å². The van der Waals surface area contributed by atoms with Crippen molar-refractivity contribution in [3.05, 3.63) is 57.6 Å². The number of phenolic OH excluding ortho intramolecular Hbond substituents is 1. The van der Waals surface area contributed by atoms with E-state index in [0.717, 1.165) is 5.56 Å². The van der Waals surface area contributed by atoms with E-state index in [2.05, 4.69) is 0 Å². The van der Waals surface area contributed by atoms with E-state index in [-0.39, 0.29) is 11.4 Å². The summed E-state index contributed by atoms with van der Waals surface area (Å²) >= 11 is 0. The Morgan fingerprint density at radius 1 is 1.05 bits per heavy atom. The second kappa shape index (κ2) is 6.62. The molecule has 0 unspecified atom stereocenters. The third-order valence-electron chi connectivity index (χ3n) is 3.08. The van der Waals surface area contributed by atoms with Crippen LogP contribution in [0.3, 0.4) is 0 Å². The Hall–Kier alpha value is -3.02. The number of nitro groups is 1. The van der Waals surface area contributed by atoms with Gasteiger partial charge in [-0.1, -0.05) is 6.08 Å². The fraction of sp³-hybridized carbons (Fsp3) is 0.125. The first kappa shape index (κ1) is 15.4. The third kappa shape index (κ3) is 3.35. The summed E-state index contributed by atoms with van der Waals surface area (Å²) in [4.78, 5) is 10.2. The number of nitro benzene ring substituents is 1. The van der Waals surface area contributed by atoms with Gasteiger partial charge < -0.3 is 14.6 Å². The molecule has 0 heterocycles. The van der Waals surface area contributed by atoms with Crippen molar-refractivity contribution in [2.24, 2.45) is 0 Å². The minimum atomic E-state index is -0.445. The van der Waals surface area contributed by atoms with E-state index in [4.69, 9.17) is 9.47 Å². The average Bonchev–Trinajstić information content (AvgIpc) is 2.53. The van der Waals surface area contributed by atoms with Crippen LogP contribution in [0.4, 0.5) is 5.69 Å². The van der Waals surface area contributed by atoms with Crippen molar-refractivity contribution in [1.29, 1.82) is 0 Å². The SMILES string of the molecule is COc1cc(O)cc(OC)c1/C=C/c1ccc([N+](=O)[O-])cc1. The number of rotatable bonds is 5. The van der Waals surface area contributed by atoms with Crippen molar-refractivity contribution >= 4 is 17.8 Å². The van der Waals surface area contributed by atoms with Crippen molar-refractivity contribution in [1.82, 2.24) is 0 Å². The minimum Gasteiger partial charge on any atom is -0.508 e. The smallest absolute Gasteiger partial charge is 0.269 e. The number of benzene rings is 2. The predicted octanol–water partition coefficient (Wildman–Crippen LogP) is 3.49. The van der Waals surface area contributed by atoms with Crippen molar-refractivity contribution in [2.45, 2.75) is 0 Å². The van der Waals surface area contributed by atoms with E-state index in [1.807, 2.05) is 0 Å². The zero-order valence-electron chi connectivity index (χ0n) is 12.1. The molecule has 114 valence electrons. The lowest BCUT2D eigenvalue weighted by Crippen LogP contribution is -1.92. The molecule has 2 aromatic carbocycles. The lowest BCUT2D eigenvalue weighted by atomic mass is 10.1. The number of hydrogen-bond donors (Lipinski definition) is 1. The highest BCUT2D eigenvalue weighted by Gasteiger charge is 2.10. The van der Waals surface area contributed by atoms with E-state index < -0.39 is 4.92 Å². The number of methoxy groups -OCH3 is 2. The van der Waals surface area contributed by atoms with Crippen molar-refractivity contribution < 1.29 is 19.5 Å². The zero-order valence-corrected chi connectivity index (χ0v) is 12.1. The molecule has 0 spiro atoms. The van der Waals surface area contributed by atoms with Crippen LogP contribution in [-0.4, -0.2) is 24.2 Å². The van der Waals surface area contributed by atoms with Gasteiger partial charge in [0.15, 0.2) is 0 Å². The average molecular weight is 301 g/mol. The molecule has 0 atom stereocenters. The van der Waals surface area contributed by atoms with Crippen LogP contribution in [-0.2, 0) is 0 Å². The van der Waals surface area contributed by atoms with Crippen LogP contribution < -0.4 is 9.47 Å². The largest absolute Gasteiger partial charge is 0.508 e. The second-order valence-electron chi connectivity index (χ2n) is 4.45. The molecule has 0 aliphatic rings. The van der Waals surface area contributed by atoms with Crippen molar-refractivity contribution in [2.75, 3.05) is 14.2 Å². The maximum Gasteiger partial charge on any atom is 0.269 e. The summed E-state index contributed by atoms with van der Waals surface area (Å²) in [6.07, 6.45) is 3.54. The summed E-state index contributed by atoms with van der Waals surface area (Å²) in [6, 6.07) is 9.13. The highest BCUT2D eigenvalue weighted by atomic mass is 16.6. The molecule has 2 rings (SSSR count). The Bertz CT molecular complexity index is 682. The number of aromatic hydroxyl groups is 1. The molecule has 1 N–H and O–H groups in total. The summed E-state index contributed by atoms with van der Waals surface area (Å²) in [5.41, 5.74) is 1.50. The maximum atomic E-state index is 10.6. The molecule has 0 amide bonds. The predicted molar refractivity (Wildman–Crippen MR) is 83.2 cm³/mol. The van der Waals surface area contributed by atoms with E-state index in [9.17, 15) is 15.2 Å². The quantitative estimate of drug-likeness (QED) is 0.519. The summed E-state index contributed by atoms with van der Waals surface area (Å²) in [7, 11) is 2.99. The van der Waals surface area contributed by atoms with Gasteiger partial charge in [-0.2, -0.15) is 0 Å². The summed E-state index contributed by atoms with van der Waals surface area (Å²) in [6.45, 7) is 0. The molecular weight excluding hydrogens is 286 g/mol. The summed E-state index contributed by atoms with van der Waals surface area (Å²) in [5.74, 6) is 0.978. The van der Waals surface area contributed by atoms with E-state index in [1.165, 1.54) is 38.5 Å². The molecular formula is C16H15NO5. The first-order chi connectivity index (χ1) is 10.5. The van der Waals surface area contributed by atoms with Crippen LogP contribution in [0.2, 0.25) is 0 Å². The highest BCUT2D eigenvalue weighted by molar-refractivity contribution is 5.77. The van der Waals surface area contributed by atoms with Crippen LogP contribution in [0.25, 0.3) is 12.2 Å². The lowest BCUT2D eigenvalue weighted by Gasteiger charge is -2.10. The molecule has 0 aromatic heterocycles. The molecule has 0 bridgehead atoms. The van der Waals surface area contributed by atoms with Crippen molar-refractivity contribution in [3.63, 3.8) is 0 Å². The van der Waals surface area contributed by atoms with Gasteiger partial charge in [0.2, 0.25) is 0 Å². The molecule has 22 heavy (non-hydrogen) atoms. The van der Waals surface area contributed by atoms with Gasteiger partial charge >= 0.3 is 0 Å². The summed E-state index contributed by atoms with van der Waals surface area (Å²) in [5, 5.41) is 20.2. The van der Waals surface area contributed by atoms with E-state index in [0.29, 0.717) is 17.1 Å². The Morgan fingerprint density at radius 2 is 1.59 bits per heavy atom. The topological polar surface area (TPSA) is 81.8 Å². The fourth-order valence-electron chi connectivity index (χ4n) is 1.98. The van der Waals surface area contributed by atoms with Crippen LogP contribution in [0, 0.1) is 10.1 Å². The van der Waals surface area contributed by atoms with Crippen molar-refractivity contribution in [3.8, 4) is 17.2 Å². The summed E-state index contributed by atoms with van der Waals surface area (Å²) < 4.78 is 10.5. The highest BCUT2D eigenvalue weighted by Crippen LogP contribution is 2.34. The Kier molecular flexibility index (Phi) is 4.63. The molecule has 0 aliphatic heterocycles. The minimum absolute atomic E-state index is 0.0388. The molecule has 2 aromatic rings. The van der Waals surface area contributed by atoms with E-state index in [1.54, 1.807) is 24.3 Å². The second-order valence-corrected chi connectivity index (χ2v) is 4.45. The molecule has 6 nitrogen and oxygen atoms in total. The van der Waals surface area contributed by atoms with Crippen LogP contribution in [0.1, 0.15) is 11.1 Å². The Balaban J connectivity index is 2.35. The first-order valence-corrected chi connectivity index (χ1v) is 6.42. The van der Waals surface area contributed by atoms with Crippen LogP contribution in [0.15, 0.2) is 36.4 Å². The van der Waals surface area contributed by atoms with Gasteiger partial charge in [-0.25, -0.2) is 0 Å². The van der Waals surface area contributed by atoms with Gasteiger partial charge in [0.05, 0.1) is 24.7 Å². The molecule has 0 saturated heterocycles. The van der Waals surface area contributed by atoms with Gasteiger partial charge in [0.1, 0.15) is 17.2 Å². The Morgan fingerprint density at radius 3 is 2.05 bits per heavy atom. The molecule has 0 fully saturated rings. The maximum absolute atomic E-state index is 10.6. The number of hydrogen-bond acceptors (Lipinski definition) is 5. The molecule has 6 heteroatoms. The monoisotopic (exact) mass is 301 g/mol. The van der Waals surface area contributed by atoms with Gasteiger partial charge in [-0.15, -0.1) is 0 Å². The van der Waals surface area contributed by atoms with Crippen LogP contribution in [0.5, 0.6) is 17.2 Å². The first-order valence-electron chi connectivity index (χ1n) is 6.42. The zero-order chi connectivity index (χ0) is 16.1. The Labute approximate surface area is 127 Å². The molecule has 0 radical (unpaired) electrons. The lowest BCUT2D eigenvalue weighted by molar-refractivity contribution is -0.384. The van der Waals surface area contributed by atoms with Crippen LogP contribution >= 0.6 is 0 Å². The normalized spacial score (nSPS) is 10.6. The van der Waals surface area contributed by atoms with Gasteiger partial charge in [0, 0.05) is 24.3 Å². The number of non-ortho nitro benzene ring substituents is 1. The number of nitrogens with zero attached hydrogens (tertiary/aromatic N) is 1. The van der Waals surface area contributed by atoms with Gasteiger partial charge in [0.25, 0.3) is 5.69 Å². The van der Waals surface area contributed by atoms with Gasteiger partial charge in [-0.3, -0.25) is 10.1 Å². The fourth-order valence-corrected chi connectivity index (χ4v) is 1.98. The third-order valence-corrected chi connectivity index (χ3v) is 3.08. The molecule has 0 saturated carbocycles. The number of phenols is 1. The van der Waals surface area contributed by atoms with Gasteiger partial charge in [-0.05, 0) is 23.8 Å².